The Morgan fingerprint density at radius 1 is 0.155 bits per heavy atom. The molecule has 0 bridgehead atoms. The minimum Gasteiger partial charge on any atom is -0.549 e. The van der Waals surface area contributed by atoms with Crippen molar-refractivity contribution in [3.8, 4) is 0 Å². The number of nitrogens with one attached hydrogen (secondary N) is 12. The molecule has 0 saturated heterocycles. The van der Waals surface area contributed by atoms with Gasteiger partial charge in [-0.05, 0) is 84.6 Å². The van der Waals surface area contributed by atoms with E-state index in [9.17, 15) is 119 Å². The first kappa shape index (κ1) is 163. The van der Waals surface area contributed by atoms with Crippen LogP contribution >= 0.6 is 0 Å². The number of carbonyl (C=O) groups is 12. The third kappa shape index (κ3) is 382. The van der Waals surface area contributed by atoms with E-state index in [1.54, 1.807) is 84.6 Å². The third-order valence-corrected chi connectivity index (χ3v) is 3.85. The molecular weight excluding hydrogens is 1260 g/mol. The third-order valence-electron chi connectivity index (χ3n) is 3.85. The molecule has 0 aliphatic carbocycles. The van der Waals surface area contributed by atoms with Crippen LogP contribution in [-0.4, -0.2) is 235 Å². The van der Waals surface area contributed by atoms with Crippen LogP contribution in [0.4, 0.5) is 0 Å². The predicted octanol–water partition coefficient (Wildman–Crippen LogP) is -60.5. The number of rotatable bonds is 24. The van der Waals surface area contributed by atoms with Gasteiger partial charge in [0.1, 0.15) is 0 Å². The van der Waals surface area contributed by atoms with Crippen molar-refractivity contribution in [3.63, 3.8) is 0 Å². The van der Waals surface area contributed by atoms with Crippen LogP contribution in [-0.2, 0) is 57.5 Å². The maximum absolute atomic E-state index is 9.43. The van der Waals surface area contributed by atoms with E-state index >= 15 is 0 Å². The number of carboxylic acids is 12. The van der Waals surface area contributed by atoms with Crippen LogP contribution in [0.25, 0.3) is 0 Å². The molecule has 0 spiro atoms. The molecule has 0 aliphatic rings. The Morgan fingerprint density at radius 2 is 0.190 bits per heavy atom. The number of hydrogen-bond acceptors (Lipinski definition) is 36. The number of hydrogen-bond donors (Lipinski definition) is 12. The fraction of sp³-hybridized carbons (Fsp3) is 0.667. The molecule has 0 fully saturated rings. The Balaban J connectivity index is -0.0000000210. The van der Waals surface area contributed by atoms with Crippen LogP contribution in [0.1, 0.15) is 0 Å². The van der Waals surface area contributed by atoms with Crippen molar-refractivity contribution in [1.29, 1.82) is 0 Å². The maximum atomic E-state index is 9.43. The van der Waals surface area contributed by atoms with E-state index in [-0.39, 0.29) is 433 Å². The smallest absolute Gasteiger partial charge is 0.549 e. The van der Waals surface area contributed by atoms with Crippen molar-refractivity contribution in [1.82, 2.24) is 63.8 Å². The van der Waals surface area contributed by atoms with Crippen molar-refractivity contribution in [2.24, 2.45) is 0 Å². The van der Waals surface area contributed by atoms with E-state index in [1.807, 2.05) is 0 Å². The first-order valence-corrected chi connectivity index (χ1v) is 19.4. The summed E-state index contributed by atoms with van der Waals surface area (Å²) in [6.07, 6.45) is 0. The first-order valence-electron chi connectivity index (χ1n) is 19.4. The van der Waals surface area contributed by atoms with Gasteiger partial charge in [0.2, 0.25) is 0 Å². The molecule has 12 N–H and O–H groups in total. The topological polar surface area (TPSA) is 626 Å². The molecule has 0 radical (unpaired) electrons. The molecule has 36 nitrogen and oxygen atoms in total. The second-order valence-corrected chi connectivity index (χ2v) is 10.8. The summed E-state index contributed by atoms with van der Waals surface area (Å²) in [5.41, 5.74) is 0. The molecule has 0 saturated carbocycles. The predicted molar refractivity (Wildman–Crippen MR) is 227 cm³/mol. The molecule has 0 unspecified atom stereocenters. The monoisotopic (exact) mass is 1330 g/mol. The molecule has 0 rings (SSSR count). The first-order chi connectivity index (χ1) is 33.2. The fourth-order valence-electron chi connectivity index (χ4n) is 1.73. The number of aliphatic carboxylic acids is 12. The van der Waals surface area contributed by atoms with Gasteiger partial charge in [0.05, 0.1) is 71.6 Å². The number of carboxylic acid groups (broad SMARTS) is 12. The van der Waals surface area contributed by atoms with Gasteiger partial charge >= 0.3 is 355 Å². The molecule has 0 aromatic heterocycles. The molecule has 0 aromatic carbocycles. The molecule has 432 valence electrons. The second kappa shape index (κ2) is 158. The Hall–Kier alpha value is 5.16. The Kier molecular flexibility index (Phi) is 306. The molecule has 48 heteroatoms. The Bertz CT molecular complexity index is 1030. The molecule has 0 aromatic rings. The zero-order valence-electron chi connectivity index (χ0n) is 54.3. The maximum Gasteiger partial charge on any atom is 1.00 e. The summed E-state index contributed by atoms with van der Waals surface area (Å²) in [7, 11) is 18.6. The summed E-state index contributed by atoms with van der Waals surface area (Å²) in [4.78, 5) is 113. The second-order valence-electron chi connectivity index (χ2n) is 10.8. The molecule has 0 amide bonds. The Labute approximate surface area is 758 Å². The van der Waals surface area contributed by atoms with Crippen molar-refractivity contribution in [2.45, 2.75) is 0 Å². The van der Waals surface area contributed by atoms with Crippen molar-refractivity contribution >= 4 is 71.6 Å². The van der Waals surface area contributed by atoms with Crippen LogP contribution in [0, 0.1) is 0 Å². The average Bonchev–Trinajstić information content (AvgIpc) is 3.20. The van der Waals surface area contributed by atoms with Gasteiger partial charge in [-0.25, -0.2) is 0 Å². The van der Waals surface area contributed by atoms with E-state index in [2.05, 4.69) is 63.8 Å². The average molecular weight is 1330 g/mol. The van der Waals surface area contributed by atoms with Gasteiger partial charge in [-0.3, -0.25) is 0 Å². The largest absolute Gasteiger partial charge is 1.00 e. The molecule has 0 aliphatic heterocycles. The summed E-state index contributed by atoms with van der Waals surface area (Å²) in [6.45, 7) is -0.833. The van der Waals surface area contributed by atoms with Crippen LogP contribution in [0.5, 0.6) is 0 Å². The summed E-state index contributed by atoms with van der Waals surface area (Å²) < 4.78 is 0. The molecule has 84 heavy (non-hydrogen) atoms. The normalized spacial score (nSPS) is 7.00. The summed E-state index contributed by atoms with van der Waals surface area (Å²) in [6, 6.07) is 0. The van der Waals surface area contributed by atoms with Crippen LogP contribution in [0.3, 0.4) is 0 Å². The van der Waals surface area contributed by atoms with Crippen LogP contribution < -0.4 is 480 Å². The quantitative estimate of drug-likeness (QED) is 0.0399. The zero-order chi connectivity index (χ0) is 59.9. The van der Waals surface area contributed by atoms with Crippen molar-refractivity contribution in [2.75, 3.05) is 163 Å². The van der Waals surface area contributed by atoms with Gasteiger partial charge in [0.25, 0.3) is 0 Å². The van der Waals surface area contributed by atoms with Gasteiger partial charge in [-0.1, -0.05) is 0 Å². The Morgan fingerprint density at radius 3 is 0.190 bits per heavy atom. The fourth-order valence-corrected chi connectivity index (χ4v) is 1.73. The van der Waals surface area contributed by atoms with E-state index in [1.165, 1.54) is 0 Å². The van der Waals surface area contributed by atoms with Gasteiger partial charge in [-0.2, -0.15) is 0 Å². The SMILES string of the molecule is CNCC(=O)[O-].CNCC(=O)[O-].CNCC(=O)[O-].CNCC(=O)[O-].CNCC(=O)[O-].CNCC(=O)[O-].CNCC(=O)[O-].CNCC(=O)[O-].CNCC(=O)[O-].CNCC(=O)[O-].CNCC(=O)[O-].CNCC(=O)[O-].[Na+].[Na+].[Na+].[Na+].[Na+].[Na+].[Na+].[Na+].[Na+].[Na+].[Na+].[Na+]. The van der Waals surface area contributed by atoms with E-state index in [0.717, 1.165) is 0 Å². The summed E-state index contributed by atoms with van der Waals surface area (Å²) in [5, 5.41) is 142. The van der Waals surface area contributed by atoms with E-state index in [0.29, 0.717) is 0 Å². The summed E-state index contributed by atoms with van der Waals surface area (Å²) in [5.74, 6) is -12.9. The van der Waals surface area contributed by atoms with Gasteiger partial charge in [-0.15, -0.1) is 0 Å². The molecule has 0 heterocycles. The van der Waals surface area contributed by atoms with Crippen LogP contribution in [0.15, 0.2) is 0 Å². The van der Waals surface area contributed by atoms with Crippen molar-refractivity contribution < 1.29 is 474 Å². The van der Waals surface area contributed by atoms with E-state index in [4.69, 9.17) is 0 Å². The van der Waals surface area contributed by atoms with E-state index < -0.39 is 71.6 Å². The molecular formula is C36H72N12Na12O24. The van der Waals surface area contributed by atoms with Gasteiger partial charge in [0.15, 0.2) is 0 Å². The number of carbonyl (C=O) groups excluding carboxylic acids is 12. The summed E-state index contributed by atoms with van der Waals surface area (Å²) >= 11 is 0. The van der Waals surface area contributed by atoms with Crippen molar-refractivity contribution in [3.05, 3.63) is 0 Å². The number of likely N-dealkylation sites (N-methyl/N-ethyl adjacent to an activating group) is 12. The zero-order valence-corrected chi connectivity index (χ0v) is 78.3. The van der Waals surface area contributed by atoms with Gasteiger partial charge in [0, 0.05) is 78.5 Å². The minimum atomic E-state index is -1.07. The molecule has 0 atom stereocenters. The minimum absolute atomic E-state index is 0. The van der Waals surface area contributed by atoms with Gasteiger partial charge < -0.3 is 183 Å². The van der Waals surface area contributed by atoms with Crippen LogP contribution in [0.2, 0.25) is 0 Å². The standard InChI is InChI=1S/12C3H7NO2.12Na/c12*1-4-2-3(5)6;;;;;;;;;;;;/h12*4H,2H2,1H3,(H,5,6);;;;;;;;;;;;/q;;;;;;;;;;;;12*+1/p-12.